The number of hydrogen-bond donors (Lipinski definition) is 2. The Kier molecular flexibility index (Phi) is 5.56. The number of piperidine rings is 1. The lowest BCUT2D eigenvalue weighted by molar-refractivity contribution is 0.100. The first-order valence-corrected chi connectivity index (χ1v) is 8.72. The molecule has 1 fully saturated rings. The van der Waals surface area contributed by atoms with Gasteiger partial charge in [0.1, 0.15) is 18.1 Å². The number of amides is 1. The molecule has 0 aliphatic carbocycles. The standard InChI is InChI=1S/C20H24N2O3/c21-20(24)18-9-8-17(25-13-12-22-10-2-1-3-11-22)14-19(18)15-4-6-16(23)7-5-15/h4-9,14,23H,1-3,10-13H2,(H2,21,24). The predicted octanol–water partition coefficient (Wildman–Crippen LogP) is 3.02. The zero-order chi connectivity index (χ0) is 17.6. The van der Waals surface area contributed by atoms with Gasteiger partial charge in [0.25, 0.3) is 0 Å². The molecule has 0 saturated carbocycles. The topological polar surface area (TPSA) is 75.8 Å². The van der Waals surface area contributed by atoms with E-state index < -0.39 is 5.91 Å². The molecule has 132 valence electrons. The second-order valence-electron chi connectivity index (χ2n) is 6.37. The van der Waals surface area contributed by atoms with Gasteiger partial charge in [0.15, 0.2) is 0 Å². The lowest BCUT2D eigenvalue weighted by Crippen LogP contribution is -2.33. The third kappa shape index (κ3) is 4.51. The van der Waals surface area contributed by atoms with E-state index in [4.69, 9.17) is 10.5 Å². The van der Waals surface area contributed by atoms with E-state index in [1.807, 2.05) is 6.07 Å². The van der Waals surface area contributed by atoms with Gasteiger partial charge in [-0.05, 0) is 67.4 Å². The second kappa shape index (κ2) is 8.03. The Labute approximate surface area is 148 Å². The van der Waals surface area contributed by atoms with Crippen LogP contribution in [0.2, 0.25) is 0 Å². The van der Waals surface area contributed by atoms with Crippen LogP contribution in [0.5, 0.6) is 11.5 Å². The van der Waals surface area contributed by atoms with E-state index >= 15 is 0 Å². The van der Waals surface area contributed by atoms with Crippen molar-refractivity contribution in [2.75, 3.05) is 26.2 Å². The Bertz CT molecular complexity index is 722. The van der Waals surface area contributed by atoms with Crippen molar-refractivity contribution < 1.29 is 14.6 Å². The number of nitrogens with zero attached hydrogens (tertiary/aromatic N) is 1. The molecule has 0 bridgehead atoms. The van der Waals surface area contributed by atoms with Crippen molar-refractivity contribution in [1.82, 2.24) is 4.90 Å². The molecular weight excluding hydrogens is 316 g/mol. The van der Waals surface area contributed by atoms with Gasteiger partial charge in [0, 0.05) is 12.1 Å². The van der Waals surface area contributed by atoms with Gasteiger partial charge in [0.05, 0.1) is 0 Å². The van der Waals surface area contributed by atoms with E-state index in [0.717, 1.165) is 25.2 Å². The molecule has 0 atom stereocenters. The lowest BCUT2D eigenvalue weighted by Gasteiger charge is -2.26. The molecule has 0 spiro atoms. The van der Waals surface area contributed by atoms with Gasteiger partial charge in [-0.3, -0.25) is 9.69 Å². The molecule has 0 aromatic heterocycles. The van der Waals surface area contributed by atoms with Crippen molar-refractivity contribution in [3.05, 3.63) is 48.0 Å². The number of carbonyl (C=O) groups excluding carboxylic acids is 1. The molecule has 0 radical (unpaired) electrons. The number of phenols is 1. The van der Waals surface area contributed by atoms with E-state index in [0.29, 0.717) is 23.5 Å². The lowest BCUT2D eigenvalue weighted by atomic mass is 9.99. The highest BCUT2D eigenvalue weighted by molar-refractivity contribution is 6.00. The Morgan fingerprint density at radius 1 is 1.08 bits per heavy atom. The number of primary amides is 1. The fraction of sp³-hybridized carbons (Fsp3) is 0.350. The van der Waals surface area contributed by atoms with E-state index in [1.54, 1.807) is 36.4 Å². The van der Waals surface area contributed by atoms with Crippen LogP contribution in [0.3, 0.4) is 0 Å². The number of benzene rings is 2. The van der Waals surface area contributed by atoms with E-state index in [9.17, 15) is 9.90 Å². The molecule has 0 unspecified atom stereocenters. The van der Waals surface area contributed by atoms with E-state index in [-0.39, 0.29) is 5.75 Å². The first kappa shape index (κ1) is 17.3. The van der Waals surface area contributed by atoms with Crippen LogP contribution in [-0.4, -0.2) is 42.2 Å². The molecule has 1 saturated heterocycles. The van der Waals surface area contributed by atoms with Crippen LogP contribution in [0.1, 0.15) is 29.6 Å². The first-order valence-electron chi connectivity index (χ1n) is 8.72. The van der Waals surface area contributed by atoms with Crippen LogP contribution in [0.15, 0.2) is 42.5 Å². The Hall–Kier alpha value is -2.53. The minimum atomic E-state index is -0.483. The van der Waals surface area contributed by atoms with Gasteiger partial charge >= 0.3 is 0 Å². The summed E-state index contributed by atoms with van der Waals surface area (Å²) in [5.74, 6) is 0.409. The number of ether oxygens (including phenoxy) is 1. The molecule has 5 nitrogen and oxygen atoms in total. The van der Waals surface area contributed by atoms with Crippen molar-refractivity contribution in [3.8, 4) is 22.6 Å². The maximum absolute atomic E-state index is 11.7. The quantitative estimate of drug-likeness (QED) is 0.847. The van der Waals surface area contributed by atoms with Crippen LogP contribution in [-0.2, 0) is 0 Å². The minimum Gasteiger partial charge on any atom is -0.508 e. The smallest absolute Gasteiger partial charge is 0.249 e. The Balaban J connectivity index is 1.73. The molecule has 2 aromatic rings. The summed E-state index contributed by atoms with van der Waals surface area (Å²) >= 11 is 0. The summed E-state index contributed by atoms with van der Waals surface area (Å²) in [5.41, 5.74) is 7.46. The van der Waals surface area contributed by atoms with Crippen LogP contribution in [0, 0.1) is 0 Å². The maximum atomic E-state index is 11.7. The van der Waals surface area contributed by atoms with Crippen molar-refractivity contribution in [1.29, 1.82) is 0 Å². The van der Waals surface area contributed by atoms with Crippen molar-refractivity contribution in [3.63, 3.8) is 0 Å². The average Bonchev–Trinajstić information content (AvgIpc) is 2.63. The van der Waals surface area contributed by atoms with Gasteiger partial charge in [-0.1, -0.05) is 18.6 Å². The van der Waals surface area contributed by atoms with Crippen molar-refractivity contribution in [2.45, 2.75) is 19.3 Å². The van der Waals surface area contributed by atoms with Gasteiger partial charge in [-0.2, -0.15) is 0 Å². The predicted molar refractivity (Wildman–Crippen MR) is 97.8 cm³/mol. The number of phenolic OH excluding ortho intramolecular Hbond substituents is 1. The van der Waals surface area contributed by atoms with E-state index in [2.05, 4.69) is 4.90 Å². The van der Waals surface area contributed by atoms with Gasteiger partial charge in [-0.25, -0.2) is 0 Å². The molecule has 5 heteroatoms. The fourth-order valence-corrected chi connectivity index (χ4v) is 3.18. The molecule has 2 aromatic carbocycles. The summed E-state index contributed by atoms with van der Waals surface area (Å²) in [6.07, 6.45) is 3.85. The van der Waals surface area contributed by atoms with Gasteiger partial charge in [-0.15, -0.1) is 0 Å². The number of nitrogens with two attached hydrogens (primary N) is 1. The largest absolute Gasteiger partial charge is 0.508 e. The normalized spacial score (nSPS) is 15.0. The number of hydrogen-bond acceptors (Lipinski definition) is 4. The summed E-state index contributed by atoms with van der Waals surface area (Å²) < 4.78 is 5.89. The third-order valence-corrected chi connectivity index (χ3v) is 4.56. The summed E-state index contributed by atoms with van der Waals surface area (Å²) in [6.45, 7) is 3.81. The van der Waals surface area contributed by atoms with E-state index in [1.165, 1.54) is 19.3 Å². The average molecular weight is 340 g/mol. The minimum absolute atomic E-state index is 0.179. The van der Waals surface area contributed by atoms with Gasteiger partial charge < -0.3 is 15.6 Å². The first-order chi connectivity index (χ1) is 12.1. The zero-order valence-electron chi connectivity index (χ0n) is 14.3. The SMILES string of the molecule is NC(=O)c1ccc(OCCN2CCCCC2)cc1-c1ccc(O)cc1. The summed E-state index contributed by atoms with van der Waals surface area (Å²) in [7, 11) is 0. The summed E-state index contributed by atoms with van der Waals surface area (Å²) in [6, 6.07) is 12.0. The van der Waals surface area contributed by atoms with Crippen LogP contribution in [0.25, 0.3) is 11.1 Å². The van der Waals surface area contributed by atoms with Gasteiger partial charge in [0.2, 0.25) is 5.91 Å². The number of aromatic hydroxyl groups is 1. The van der Waals surface area contributed by atoms with Crippen molar-refractivity contribution in [2.24, 2.45) is 5.73 Å². The van der Waals surface area contributed by atoms with Crippen molar-refractivity contribution >= 4 is 5.91 Å². The highest BCUT2D eigenvalue weighted by atomic mass is 16.5. The van der Waals surface area contributed by atoms with Crippen LogP contribution < -0.4 is 10.5 Å². The van der Waals surface area contributed by atoms with Crippen LogP contribution >= 0.6 is 0 Å². The second-order valence-corrected chi connectivity index (χ2v) is 6.37. The summed E-state index contributed by atoms with van der Waals surface area (Å²) in [5, 5.41) is 9.46. The number of rotatable bonds is 6. The van der Waals surface area contributed by atoms with Crippen LogP contribution in [0.4, 0.5) is 0 Å². The highest BCUT2D eigenvalue weighted by Crippen LogP contribution is 2.29. The molecular formula is C20H24N2O3. The molecule has 1 amide bonds. The summed E-state index contributed by atoms with van der Waals surface area (Å²) in [4.78, 5) is 14.1. The molecule has 3 rings (SSSR count). The Morgan fingerprint density at radius 2 is 1.80 bits per heavy atom. The Morgan fingerprint density at radius 3 is 2.48 bits per heavy atom. The maximum Gasteiger partial charge on any atom is 0.249 e. The molecule has 1 aliphatic rings. The zero-order valence-corrected chi connectivity index (χ0v) is 14.3. The highest BCUT2D eigenvalue weighted by Gasteiger charge is 2.13. The monoisotopic (exact) mass is 340 g/mol. The molecule has 1 heterocycles. The third-order valence-electron chi connectivity index (χ3n) is 4.56. The number of likely N-dealkylation sites (tertiary alicyclic amines) is 1. The molecule has 25 heavy (non-hydrogen) atoms. The molecule has 3 N–H and O–H groups in total. The number of carbonyl (C=O) groups is 1. The fourth-order valence-electron chi connectivity index (χ4n) is 3.18. The molecule has 1 aliphatic heterocycles.